The van der Waals surface area contributed by atoms with Gasteiger partial charge in [0.05, 0.1) is 12.1 Å². The largest absolute Gasteiger partial charge is 0.389 e. The first kappa shape index (κ1) is 15.0. The third-order valence-corrected chi connectivity index (χ3v) is 3.71. The predicted octanol–water partition coefficient (Wildman–Crippen LogP) is 4.81. The molecule has 2 atom stereocenters. The van der Waals surface area contributed by atoms with Crippen LogP contribution in [0.15, 0.2) is 46.9 Å². The van der Waals surface area contributed by atoms with Crippen molar-refractivity contribution in [3.8, 4) is 0 Å². The van der Waals surface area contributed by atoms with E-state index in [9.17, 15) is 9.50 Å². The van der Waals surface area contributed by atoms with Crippen molar-refractivity contribution >= 4 is 21.6 Å². The van der Waals surface area contributed by atoms with Gasteiger partial charge in [-0.2, -0.15) is 0 Å². The van der Waals surface area contributed by atoms with E-state index < -0.39 is 6.10 Å². The maximum atomic E-state index is 13.9. The fourth-order valence-electron chi connectivity index (χ4n) is 2.16. The van der Waals surface area contributed by atoms with Crippen LogP contribution in [-0.4, -0.2) is 5.11 Å². The van der Waals surface area contributed by atoms with E-state index in [0.717, 1.165) is 15.7 Å². The van der Waals surface area contributed by atoms with Crippen LogP contribution in [0.1, 0.15) is 37.1 Å². The first-order valence-corrected chi connectivity index (χ1v) is 7.27. The SMILES string of the molecule is CC(O)c1ccccc1NC(C)c1ccc(Br)cc1F. The molecule has 0 saturated heterocycles. The Hall–Kier alpha value is -1.39. The molecular weight excluding hydrogens is 321 g/mol. The number of anilines is 1. The third kappa shape index (κ3) is 3.38. The molecule has 0 bridgehead atoms. The Labute approximate surface area is 126 Å². The van der Waals surface area contributed by atoms with Crippen molar-refractivity contribution < 1.29 is 9.50 Å². The third-order valence-electron chi connectivity index (χ3n) is 3.21. The highest BCUT2D eigenvalue weighted by molar-refractivity contribution is 9.10. The van der Waals surface area contributed by atoms with Crippen molar-refractivity contribution in [1.82, 2.24) is 0 Å². The Balaban J connectivity index is 2.26. The number of hydrogen-bond donors (Lipinski definition) is 2. The van der Waals surface area contributed by atoms with E-state index in [4.69, 9.17) is 0 Å². The second-order valence-corrected chi connectivity index (χ2v) is 5.71. The van der Waals surface area contributed by atoms with Crippen molar-refractivity contribution in [3.05, 3.63) is 63.9 Å². The van der Waals surface area contributed by atoms with Gasteiger partial charge in [-0.15, -0.1) is 0 Å². The number of halogens is 2. The molecule has 2 N–H and O–H groups in total. The van der Waals surface area contributed by atoms with Gasteiger partial charge < -0.3 is 10.4 Å². The van der Waals surface area contributed by atoms with Crippen molar-refractivity contribution in [3.63, 3.8) is 0 Å². The lowest BCUT2D eigenvalue weighted by molar-refractivity contribution is 0.200. The van der Waals surface area contributed by atoms with Gasteiger partial charge in [-0.05, 0) is 32.0 Å². The van der Waals surface area contributed by atoms with E-state index in [2.05, 4.69) is 21.2 Å². The Kier molecular flexibility index (Phi) is 4.78. The van der Waals surface area contributed by atoms with Crippen LogP contribution in [0.5, 0.6) is 0 Å². The Morgan fingerprint density at radius 1 is 1.10 bits per heavy atom. The van der Waals surface area contributed by atoms with E-state index in [1.165, 1.54) is 6.07 Å². The molecular formula is C16H17BrFNO. The van der Waals surface area contributed by atoms with Gasteiger partial charge in [0.15, 0.2) is 0 Å². The molecule has 0 spiro atoms. The van der Waals surface area contributed by atoms with Gasteiger partial charge in [0.25, 0.3) is 0 Å². The maximum absolute atomic E-state index is 13.9. The van der Waals surface area contributed by atoms with Crippen LogP contribution in [0.2, 0.25) is 0 Å². The van der Waals surface area contributed by atoms with Gasteiger partial charge in [0.1, 0.15) is 5.82 Å². The molecule has 0 aliphatic heterocycles. The van der Waals surface area contributed by atoms with E-state index >= 15 is 0 Å². The number of aliphatic hydroxyl groups excluding tert-OH is 1. The average Bonchev–Trinajstić information content (AvgIpc) is 2.38. The number of benzene rings is 2. The van der Waals surface area contributed by atoms with Crippen molar-refractivity contribution in [1.29, 1.82) is 0 Å². The van der Waals surface area contributed by atoms with E-state index in [-0.39, 0.29) is 11.9 Å². The second kappa shape index (κ2) is 6.37. The zero-order valence-electron chi connectivity index (χ0n) is 11.4. The smallest absolute Gasteiger partial charge is 0.129 e. The summed E-state index contributed by atoms with van der Waals surface area (Å²) in [4.78, 5) is 0. The normalized spacial score (nSPS) is 13.8. The van der Waals surface area contributed by atoms with Gasteiger partial charge in [0.2, 0.25) is 0 Å². The Morgan fingerprint density at radius 3 is 2.45 bits per heavy atom. The molecule has 2 rings (SSSR count). The van der Waals surface area contributed by atoms with Crippen LogP contribution in [-0.2, 0) is 0 Å². The molecule has 0 amide bonds. The zero-order valence-corrected chi connectivity index (χ0v) is 13.0. The molecule has 0 aliphatic rings. The highest BCUT2D eigenvalue weighted by atomic mass is 79.9. The van der Waals surface area contributed by atoms with Gasteiger partial charge in [-0.1, -0.05) is 40.2 Å². The van der Waals surface area contributed by atoms with Crippen LogP contribution in [0.4, 0.5) is 10.1 Å². The van der Waals surface area contributed by atoms with E-state index in [1.54, 1.807) is 13.0 Å². The molecule has 0 saturated carbocycles. The molecule has 0 heterocycles. The van der Waals surface area contributed by atoms with E-state index in [0.29, 0.717) is 5.56 Å². The second-order valence-electron chi connectivity index (χ2n) is 4.80. The summed E-state index contributed by atoms with van der Waals surface area (Å²) in [5.74, 6) is -0.256. The topological polar surface area (TPSA) is 32.3 Å². The van der Waals surface area contributed by atoms with Crippen LogP contribution in [0.25, 0.3) is 0 Å². The first-order chi connectivity index (χ1) is 9.49. The minimum absolute atomic E-state index is 0.192. The quantitative estimate of drug-likeness (QED) is 0.838. The Bertz CT molecular complexity index is 601. The fraction of sp³-hybridized carbons (Fsp3) is 0.250. The fourth-order valence-corrected chi connectivity index (χ4v) is 2.49. The number of aliphatic hydroxyl groups is 1. The number of para-hydroxylation sites is 1. The molecule has 0 fully saturated rings. The van der Waals surface area contributed by atoms with Gasteiger partial charge in [-0.25, -0.2) is 4.39 Å². The summed E-state index contributed by atoms with van der Waals surface area (Å²) in [6, 6.07) is 12.3. The number of hydrogen-bond acceptors (Lipinski definition) is 2. The summed E-state index contributed by atoms with van der Waals surface area (Å²) in [7, 11) is 0. The van der Waals surface area contributed by atoms with Crippen molar-refractivity contribution in [2.75, 3.05) is 5.32 Å². The summed E-state index contributed by atoms with van der Waals surface area (Å²) in [6.07, 6.45) is -0.569. The monoisotopic (exact) mass is 337 g/mol. The van der Waals surface area contributed by atoms with Gasteiger partial charge in [0, 0.05) is 21.3 Å². The summed E-state index contributed by atoms with van der Waals surface area (Å²) in [5.41, 5.74) is 2.21. The lowest BCUT2D eigenvalue weighted by atomic mass is 10.0. The molecule has 2 unspecified atom stereocenters. The lowest BCUT2D eigenvalue weighted by Gasteiger charge is -2.20. The molecule has 106 valence electrons. The summed E-state index contributed by atoms with van der Waals surface area (Å²) in [5, 5.41) is 13.0. The first-order valence-electron chi connectivity index (χ1n) is 6.47. The van der Waals surface area contributed by atoms with E-state index in [1.807, 2.05) is 37.3 Å². The Morgan fingerprint density at radius 2 is 1.80 bits per heavy atom. The molecule has 2 aromatic carbocycles. The summed E-state index contributed by atoms with van der Waals surface area (Å²) in [6.45, 7) is 3.61. The molecule has 2 nitrogen and oxygen atoms in total. The minimum atomic E-state index is -0.569. The van der Waals surface area contributed by atoms with Crippen LogP contribution >= 0.6 is 15.9 Å². The van der Waals surface area contributed by atoms with Gasteiger partial charge >= 0.3 is 0 Å². The summed E-state index contributed by atoms with van der Waals surface area (Å²) >= 11 is 3.25. The number of nitrogens with one attached hydrogen (secondary N) is 1. The molecule has 0 aromatic heterocycles. The molecule has 0 radical (unpaired) electrons. The molecule has 20 heavy (non-hydrogen) atoms. The standard InChI is InChI=1S/C16H17BrFNO/c1-10(13-8-7-12(17)9-15(13)18)19-16-6-4-3-5-14(16)11(2)20/h3-11,19-20H,1-2H3. The van der Waals surface area contributed by atoms with Crippen molar-refractivity contribution in [2.24, 2.45) is 0 Å². The minimum Gasteiger partial charge on any atom is -0.389 e. The highest BCUT2D eigenvalue weighted by Gasteiger charge is 2.14. The number of rotatable bonds is 4. The van der Waals surface area contributed by atoms with Crippen LogP contribution < -0.4 is 5.32 Å². The summed E-state index contributed by atoms with van der Waals surface area (Å²) < 4.78 is 14.7. The average molecular weight is 338 g/mol. The van der Waals surface area contributed by atoms with Gasteiger partial charge in [-0.3, -0.25) is 0 Å². The lowest BCUT2D eigenvalue weighted by Crippen LogP contribution is -2.11. The predicted molar refractivity (Wildman–Crippen MR) is 83.2 cm³/mol. The highest BCUT2D eigenvalue weighted by Crippen LogP contribution is 2.28. The zero-order chi connectivity index (χ0) is 14.7. The molecule has 2 aromatic rings. The van der Waals surface area contributed by atoms with Crippen LogP contribution in [0, 0.1) is 5.82 Å². The molecule has 4 heteroatoms. The van der Waals surface area contributed by atoms with Crippen molar-refractivity contribution in [2.45, 2.75) is 26.0 Å². The van der Waals surface area contributed by atoms with Crippen LogP contribution in [0.3, 0.4) is 0 Å². The maximum Gasteiger partial charge on any atom is 0.129 e. The molecule has 0 aliphatic carbocycles.